The summed E-state index contributed by atoms with van der Waals surface area (Å²) >= 11 is 0. The highest BCUT2D eigenvalue weighted by Gasteiger charge is 2.36. The van der Waals surface area contributed by atoms with Gasteiger partial charge in [0.1, 0.15) is 57.5 Å². The molecule has 0 saturated heterocycles. The molecule has 4 saturated carbocycles. The first-order valence-electron chi connectivity index (χ1n) is 53.2. The minimum Gasteiger partial charge on any atom is -0.508 e. The molecule has 4 fully saturated rings. The molecule has 0 heterocycles. The number of hydrogen-bond donors (Lipinski definition) is 3. The van der Waals surface area contributed by atoms with Crippen molar-refractivity contribution in [3.8, 4) is 57.5 Å². The summed E-state index contributed by atoms with van der Waals surface area (Å²) in [4.78, 5) is 89.2. The number of phenolic OH excluding ortho intramolecular Hbond substituents is 3. The lowest BCUT2D eigenvalue weighted by molar-refractivity contribution is -0.141. The largest absolute Gasteiger partial charge is 0.508 e. The van der Waals surface area contributed by atoms with Gasteiger partial charge in [-0.3, -0.25) is 24.0 Å². The summed E-state index contributed by atoms with van der Waals surface area (Å²) in [7, 11) is 0. The Bertz CT molecular complexity index is 4950. The molecule has 0 bridgehead atoms. The van der Waals surface area contributed by atoms with E-state index in [0.717, 1.165) is 288 Å². The van der Waals surface area contributed by atoms with Gasteiger partial charge in [0.05, 0.1) is 40.7 Å². The Kier molecular flexibility index (Phi) is 47.9. The van der Waals surface area contributed by atoms with E-state index < -0.39 is 11.9 Å². The fourth-order valence-electron chi connectivity index (χ4n) is 19.5. The smallest absolute Gasteiger partial charge is 0.343 e. The zero-order chi connectivity index (χ0) is 101. The second kappa shape index (κ2) is 59.6. The summed E-state index contributed by atoms with van der Waals surface area (Å²) in [5.41, 5.74) is 12.1. The van der Waals surface area contributed by atoms with Gasteiger partial charge in [0.15, 0.2) is 0 Å². The van der Waals surface area contributed by atoms with E-state index in [2.05, 4.69) is 108 Å². The van der Waals surface area contributed by atoms with Gasteiger partial charge in [-0.25, -0.2) is 9.59 Å². The first-order valence-corrected chi connectivity index (χ1v) is 53.2. The van der Waals surface area contributed by atoms with Crippen LogP contribution in [0.15, 0.2) is 182 Å². The van der Waals surface area contributed by atoms with Crippen LogP contribution < -0.4 is 33.2 Å². The average Bonchev–Trinajstić information content (AvgIpc) is 0.768. The van der Waals surface area contributed by atoms with Crippen LogP contribution in [-0.4, -0.2) is 57.1 Å². The van der Waals surface area contributed by atoms with E-state index in [-0.39, 0.29) is 88.5 Å². The maximum atomic E-state index is 13.5. The number of ether oxygens (including phenoxy) is 7. The zero-order valence-corrected chi connectivity index (χ0v) is 86.5. The Morgan fingerprint density at radius 2 is 0.614 bits per heavy atom. The molecule has 1 unspecified atom stereocenters. The van der Waals surface area contributed by atoms with Crippen LogP contribution >= 0.6 is 0 Å². The summed E-state index contributed by atoms with van der Waals surface area (Å²) in [5, 5.41) is 29.4. The fourth-order valence-corrected chi connectivity index (χ4v) is 19.5. The predicted molar refractivity (Wildman–Crippen MR) is 564 cm³/mol. The molecule has 3 N–H and O–H groups in total. The Balaban J connectivity index is 0.000000202. The molecule has 7 aromatic carbocycles. The lowest BCUT2D eigenvalue weighted by atomic mass is 9.73. The molecule has 0 aromatic heterocycles. The summed E-state index contributed by atoms with van der Waals surface area (Å²) in [6.07, 6.45) is 49.4. The van der Waals surface area contributed by atoms with Gasteiger partial charge in [0, 0.05) is 35.7 Å². The average molecular weight is 1910 g/mol. The van der Waals surface area contributed by atoms with Gasteiger partial charge in [0.2, 0.25) is 0 Å². The molecule has 17 nitrogen and oxygen atoms in total. The number of hydrogen-bond acceptors (Lipinski definition) is 17. The van der Waals surface area contributed by atoms with E-state index >= 15 is 0 Å². The van der Waals surface area contributed by atoms with Gasteiger partial charge < -0.3 is 48.5 Å². The van der Waals surface area contributed by atoms with Crippen molar-refractivity contribution in [2.45, 2.75) is 352 Å². The minimum absolute atomic E-state index is 0.0158. The standard InChI is InChI=1S/C39H42O4.C27H40O4.2C19H28O3.C19H26O3/c1-7-10-11-12-30-24-35(42-38(40)31-18-14-28(8-2)15-19-31)37(34-23-27(6)13-22-33(34)26(4)5)36(25-30)43-39(41)32-20-16-29(9-3)17-21-32;1-4-5-6-7-21-16-24(30-26(28)22-12-8-19(2)9-13-22)18-25(17-21)31-27(29)23-14-10-20(3)11-15-23;3*1-3-4-5-6-15-11-17(20)13-18(12-15)22-19(21)16-9-7-14(2)8-10-16/h8-9,14-21,23-25,33-34H,2-4,7,10-13,22H2,1,5-6H3;16-20,22-23H,4-15H2,1-3H3;2*11-14,16,20H,3-10H2,1-2H3;7,11-13,16,20H,3-6,8-10H2,1-2H3/t33-,34+;;;;/m0..../s1. The van der Waals surface area contributed by atoms with Crippen molar-refractivity contribution >= 4 is 53.9 Å². The number of benzene rings is 7. The number of phenols is 3. The summed E-state index contributed by atoms with van der Waals surface area (Å²) < 4.78 is 40.5. The predicted octanol–water partition coefficient (Wildman–Crippen LogP) is 31.5. The van der Waals surface area contributed by atoms with E-state index in [1.807, 2.05) is 73.7 Å². The van der Waals surface area contributed by atoms with Gasteiger partial charge >= 0.3 is 41.8 Å². The third-order valence-corrected chi connectivity index (χ3v) is 28.6. The SMILES string of the molecule is C=Cc1ccc(C(=O)Oc2cc(CCCCC)cc(OC(=O)c3ccc(C=C)cc3)c2[C@@H]2C=C(C)CC[C@H]2C(=C)C)cc1.CCCCCc1cc(O)cc(OC(=O)C2CC=C(C)CC2)c1.CCCCCc1cc(O)cc(OC(=O)C2CCC(C)CC2)c1.CCCCCc1cc(O)cc(OC(=O)C2CCC(C)CC2)c1.CCCCCc1cc(OC(=O)C2CCC(C)CC2)cc(OC(=O)C2CCC(C)CC2)c1. The molecule has 140 heavy (non-hydrogen) atoms. The Morgan fingerprint density at radius 1 is 0.336 bits per heavy atom. The Morgan fingerprint density at radius 3 is 0.893 bits per heavy atom. The van der Waals surface area contributed by atoms with Gasteiger partial charge in [-0.1, -0.05) is 212 Å². The van der Waals surface area contributed by atoms with E-state index in [0.29, 0.717) is 68.8 Å². The number of esters is 7. The van der Waals surface area contributed by atoms with Crippen LogP contribution in [0.1, 0.15) is 385 Å². The van der Waals surface area contributed by atoms with Crippen molar-refractivity contribution in [2.75, 3.05) is 0 Å². The monoisotopic (exact) mass is 1910 g/mol. The van der Waals surface area contributed by atoms with E-state index in [9.17, 15) is 48.9 Å². The molecule has 6 aliphatic carbocycles. The van der Waals surface area contributed by atoms with Gasteiger partial charge in [0.25, 0.3) is 0 Å². The zero-order valence-electron chi connectivity index (χ0n) is 86.5. The van der Waals surface area contributed by atoms with Crippen LogP contribution in [0.5, 0.6) is 57.5 Å². The minimum atomic E-state index is -0.469. The molecule has 0 amide bonds. The highest BCUT2D eigenvalue weighted by Crippen LogP contribution is 2.49. The highest BCUT2D eigenvalue weighted by atomic mass is 16.6. The molecular formula is C123H164O17. The van der Waals surface area contributed by atoms with Crippen molar-refractivity contribution in [3.05, 3.63) is 238 Å². The Hall–Kier alpha value is -11.1. The third-order valence-electron chi connectivity index (χ3n) is 28.6. The first kappa shape index (κ1) is 113. The van der Waals surface area contributed by atoms with Crippen molar-refractivity contribution in [3.63, 3.8) is 0 Å². The lowest BCUT2D eigenvalue weighted by Crippen LogP contribution is -2.25. The van der Waals surface area contributed by atoms with Gasteiger partial charge in [-0.2, -0.15) is 0 Å². The van der Waals surface area contributed by atoms with E-state index in [4.69, 9.17) is 33.2 Å². The summed E-state index contributed by atoms with van der Waals surface area (Å²) in [6.45, 7) is 37.9. The van der Waals surface area contributed by atoms with Crippen molar-refractivity contribution < 1.29 is 82.0 Å². The molecular weight excluding hydrogens is 1750 g/mol. The number of rotatable bonds is 38. The van der Waals surface area contributed by atoms with Crippen molar-refractivity contribution in [1.29, 1.82) is 0 Å². The molecule has 0 aliphatic heterocycles. The molecule has 3 atom stereocenters. The number of allylic oxidation sites excluding steroid dienone is 5. The molecule has 758 valence electrons. The third kappa shape index (κ3) is 38.4. The first-order chi connectivity index (χ1) is 67.4. The number of unbranched alkanes of at least 4 members (excludes halogenated alkanes) is 10. The second-order valence-electron chi connectivity index (χ2n) is 41.0. The molecule has 0 radical (unpaired) electrons. The molecule has 17 heteroatoms. The Labute approximate surface area is 837 Å². The molecule has 0 spiro atoms. The number of carbonyl (C=O) groups excluding carboxylic acids is 7. The molecule has 13 rings (SSSR count). The van der Waals surface area contributed by atoms with Crippen molar-refractivity contribution in [1.82, 2.24) is 0 Å². The van der Waals surface area contributed by atoms with Gasteiger partial charge in [-0.05, 0) is 373 Å². The van der Waals surface area contributed by atoms with Crippen LogP contribution in [0, 0.1) is 59.2 Å². The highest BCUT2D eigenvalue weighted by molar-refractivity contribution is 5.93. The van der Waals surface area contributed by atoms with Crippen LogP contribution in [0.25, 0.3) is 12.2 Å². The van der Waals surface area contributed by atoms with Crippen LogP contribution in [0.3, 0.4) is 0 Å². The van der Waals surface area contributed by atoms with Crippen LogP contribution in [-0.2, 0) is 56.1 Å². The van der Waals surface area contributed by atoms with E-state index in [1.165, 1.54) is 61.4 Å². The molecule has 6 aliphatic rings. The lowest BCUT2D eigenvalue weighted by Gasteiger charge is -2.32. The number of carbonyl (C=O) groups is 7. The number of aromatic hydroxyl groups is 3. The maximum Gasteiger partial charge on any atom is 0.343 e. The summed E-state index contributed by atoms with van der Waals surface area (Å²) in [5.74, 6) is 4.78. The van der Waals surface area contributed by atoms with Crippen LogP contribution in [0.4, 0.5) is 0 Å². The number of aryl methyl sites for hydroxylation is 5. The van der Waals surface area contributed by atoms with Crippen molar-refractivity contribution in [2.24, 2.45) is 59.2 Å². The van der Waals surface area contributed by atoms with Gasteiger partial charge in [-0.15, -0.1) is 0 Å². The van der Waals surface area contributed by atoms with E-state index in [1.54, 1.807) is 60.7 Å². The quantitative estimate of drug-likeness (QED) is 0.0141. The normalized spacial score (nSPS) is 20.4. The maximum absolute atomic E-state index is 13.5. The second-order valence-corrected chi connectivity index (χ2v) is 41.0. The molecule has 7 aromatic rings. The summed E-state index contributed by atoms with van der Waals surface area (Å²) in [6, 6.07) is 39.3. The fraction of sp³-hybridized carbons (Fsp3) is 0.520. The topological polar surface area (TPSA) is 245 Å². The van der Waals surface area contributed by atoms with Crippen LogP contribution in [0.2, 0.25) is 0 Å².